The fourth-order valence-corrected chi connectivity index (χ4v) is 3.53. The van der Waals surface area contributed by atoms with Crippen LogP contribution < -0.4 is 15.4 Å². The van der Waals surface area contributed by atoms with Crippen LogP contribution >= 0.6 is 0 Å². The second kappa shape index (κ2) is 6.41. The zero-order chi connectivity index (χ0) is 16.4. The van der Waals surface area contributed by atoms with Crippen LogP contribution in [0.2, 0.25) is 0 Å². The van der Waals surface area contributed by atoms with Crippen molar-refractivity contribution in [2.24, 2.45) is 0 Å². The lowest BCUT2D eigenvalue weighted by atomic mass is 9.79. The second-order valence-corrected chi connectivity index (χ2v) is 7.63. The molecule has 0 aromatic carbocycles. The Bertz CT molecular complexity index is 497. The third-order valence-electron chi connectivity index (χ3n) is 3.81. The first-order valence-corrected chi connectivity index (χ1v) is 8.23. The number of aromatic nitrogens is 2. The molecule has 0 amide bonds. The average molecular weight is 306 g/mol. The van der Waals surface area contributed by atoms with E-state index in [4.69, 9.17) is 4.74 Å². The van der Waals surface area contributed by atoms with Gasteiger partial charge in [-0.15, -0.1) is 0 Å². The highest BCUT2D eigenvalue weighted by Crippen LogP contribution is 2.30. The van der Waals surface area contributed by atoms with Crippen molar-refractivity contribution in [3.05, 3.63) is 11.9 Å². The quantitative estimate of drug-likeness (QED) is 0.874. The lowest BCUT2D eigenvalue weighted by Gasteiger charge is -2.46. The van der Waals surface area contributed by atoms with E-state index in [-0.39, 0.29) is 11.1 Å². The molecule has 0 bridgehead atoms. The van der Waals surface area contributed by atoms with E-state index in [0.717, 1.165) is 30.9 Å². The predicted octanol–water partition coefficient (Wildman–Crippen LogP) is 3.29. The third kappa shape index (κ3) is 4.83. The summed E-state index contributed by atoms with van der Waals surface area (Å²) in [5.74, 6) is 2.25. The number of hydrogen-bond acceptors (Lipinski definition) is 5. The molecule has 1 aromatic rings. The standard InChI is InChI=1S/C17H30N4O/c1-7-8-22-15-9-14(18-12(2)19-15)20-13-10-16(3,4)21-17(5,6)11-13/h9,13,21H,7-8,10-11H2,1-6H3,(H,18,19,20). The number of rotatable bonds is 5. The monoisotopic (exact) mass is 306 g/mol. The molecule has 1 saturated heterocycles. The molecule has 1 aliphatic heterocycles. The van der Waals surface area contributed by atoms with Crippen molar-refractivity contribution in [2.45, 2.75) is 77.9 Å². The number of nitrogens with one attached hydrogen (secondary N) is 2. The van der Waals surface area contributed by atoms with Gasteiger partial charge >= 0.3 is 0 Å². The number of ether oxygens (including phenoxy) is 1. The number of nitrogens with zero attached hydrogens (tertiary/aromatic N) is 2. The Balaban J connectivity index is 2.11. The summed E-state index contributed by atoms with van der Waals surface area (Å²) in [6.07, 6.45) is 3.09. The molecule has 5 nitrogen and oxygen atoms in total. The van der Waals surface area contributed by atoms with E-state index in [2.05, 4.69) is 55.2 Å². The second-order valence-electron chi connectivity index (χ2n) is 7.63. The Labute approximate surface area is 134 Å². The zero-order valence-corrected chi connectivity index (χ0v) is 14.8. The van der Waals surface area contributed by atoms with Gasteiger partial charge in [0.2, 0.25) is 5.88 Å². The Morgan fingerprint density at radius 3 is 2.45 bits per heavy atom. The van der Waals surface area contributed by atoms with Gasteiger partial charge in [-0.25, -0.2) is 4.98 Å². The van der Waals surface area contributed by atoms with Gasteiger partial charge in [-0.05, 0) is 53.9 Å². The largest absolute Gasteiger partial charge is 0.478 e. The first-order valence-electron chi connectivity index (χ1n) is 8.23. The van der Waals surface area contributed by atoms with Gasteiger partial charge in [0.1, 0.15) is 11.6 Å². The molecule has 0 saturated carbocycles. The topological polar surface area (TPSA) is 59.1 Å². The Kier molecular flexibility index (Phi) is 4.95. The number of aryl methyl sites for hydroxylation is 1. The molecule has 0 atom stereocenters. The summed E-state index contributed by atoms with van der Waals surface area (Å²) in [7, 11) is 0. The van der Waals surface area contributed by atoms with Gasteiger partial charge in [0.25, 0.3) is 0 Å². The van der Waals surface area contributed by atoms with Gasteiger partial charge < -0.3 is 15.4 Å². The molecule has 2 rings (SSSR count). The van der Waals surface area contributed by atoms with Crippen molar-refractivity contribution >= 4 is 5.82 Å². The van der Waals surface area contributed by atoms with Crippen molar-refractivity contribution in [3.63, 3.8) is 0 Å². The van der Waals surface area contributed by atoms with Crippen LogP contribution in [-0.4, -0.2) is 33.7 Å². The van der Waals surface area contributed by atoms with Crippen molar-refractivity contribution in [1.29, 1.82) is 0 Å². The molecule has 2 N–H and O–H groups in total. The molecular weight excluding hydrogens is 276 g/mol. The summed E-state index contributed by atoms with van der Waals surface area (Å²) in [6.45, 7) is 13.7. The van der Waals surface area contributed by atoms with Crippen LogP contribution in [0.25, 0.3) is 0 Å². The number of piperidine rings is 1. The molecule has 1 fully saturated rings. The molecule has 5 heteroatoms. The summed E-state index contributed by atoms with van der Waals surface area (Å²) >= 11 is 0. The summed E-state index contributed by atoms with van der Waals surface area (Å²) in [4.78, 5) is 8.84. The molecule has 0 aliphatic carbocycles. The van der Waals surface area contributed by atoms with Crippen LogP contribution in [0.15, 0.2) is 6.07 Å². The van der Waals surface area contributed by atoms with Crippen molar-refractivity contribution in [2.75, 3.05) is 11.9 Å². The van der Waals surface area contributed by atoms with Crippen LogP contribution in [0.3, 0.4) is 0 Å². The molecule has 1 aromatic heterocycles. The Morgan fingerprint density at radius 1 is 1.23 bits per heavy atom. The van der Waals surface area contributed by atoms with E-state index in [0.29, 0.717) is 18.5 Å². The molecular formula is C17H30N4O. The van der Waals surface area contributed by atoms with Gasteiger partial charge in [-0.1, -0.05) is 6.92 Å². The Hall–Kier alpha value is -1.36. The molecule has 0 radical (unpaired) electrons. The number of hydrogen-bond donors (Lipinski definition) is 2. The van der Waals surface area contributed by atoms with Crippen LogP contribution in [-0.2, 0) is 0 Å². The first kappa shape index (κ1) is 17.0. The van der Waals surface area contributed by atoms with E-state index >= 15 is 0 Å². The molecule has 0 spiro atoms. The molecule has 0 unspecified atom stereocenters. The van der Waals surface area contributed by atoms with Crippen LogP contribution in [0, 0.1) is 6.92 Å². The fraction of sp³-hybridized carbons (Fsp3) is 0.765. The Morgan fingerprint density at radius 2 is 1.86 bits per heavy atom. The molecule has 1 aliphatic rings. The van der Waals surface area contributed by atoms with Crippen molar-refractivity contribution in [3.8, 4) is 5.88 Å². The van der Waals surface area contributed by atoms with Gasteiger partial charge in [0.15, 0.2) is 0 Å². The minimum Gasteiger partial charge on any atom is -0.478 e. The lowest BCUT2D eigenvalue weighted by Crippen LogP contribution is -2.60. The predicted molar refractivity (Wildman–Crippen MR) is 90.5 cm³/mol. The van der Waals surface area contributed by atoms with Crippen LogP contribution in [0.5, 0.6) is 5.88 Å². The highest BCUT2D eigenvalue weighted by atomic mass is 16.5. The summed E-state index contributed by atoms with van der Waals surface area (Å²) in [5.41, 5.74) is 0.228. The molecule has 124 valence electrons. The summed E-state index contributed by atoms with van der Waals surface area (Å²) in [5, 5.41) is 7.28. The summed E-state index contributed by atoms with van der Waals surface area (Å²) in [6, 6.07) is 2.30. The SMILES string of the molecule is CCCOc1cc(NC2CC(C)(C)NC(C)(C)C2)nc(C)n1. The maximum absolute atomic E-state index is 5.64. The third-order valence-corrected chi connectivity index (χ3v) is 3.81. The van der Waals surface area contributed by atoms with Crippen LogP contribution in [0.1, 0.15) is 59.7 Å². The van der Waals surface area contributed by atoms with E-state index < -0.39 is 0 Å². The zero-order valence-electron chi connectivity index (χ0n) is 14.8. The van der Waals surface area contributed by atoms with E-state index in [1.165, 1.54) is 0 Å². The smallest absolute Gasteiger partial charge is 0.218 e. The van der Waals surface area contributed by atoms with Crippen molar-refractivity contribution < 1.29 is 4.74 Å². The molecule has 2 heterocycles. The van der Waals surface area contributed by atoms with Gasteiger partial charge in [0, 0.05) is 23.2 Å². The van der Waals surface area contributed by atoms with E-state index in [1.807, 2.05) is 13.0 Å². The summed E-state index contributed by atoms with van der Waals surface area (Å²) < 4.78 is 5.64. The van der Waals surface area contributed by atoms with E-state index in [9.17, 15) is 0 Å². The van der Waals surface area contributed by atoms with Gasteiger partial charge in [-0.3, -0.25) is 0 Å². The van der Waals surface area contributed by atoms with Gasteiger partial charge in [0.05, 0.1) is 6.61 Å². The minimum absolute atomic E-state index is 0.114. The maximum Gasteiger partial charge on any atom is 0.218 e. The number of anilines is 1. The van der Waals surface area contributed by atoms with Gasteiger partial charge in [-0.2, -0.15) is 4.98 Å². The maximum atomic E-state index is 5.64. The highest BCUT2D eigenvalue weighted by Gasteiger charge is 2.37. The highest BCUT2D eigenvalue weighted by molar-refractivity contribution is 5.40. The first-order chi connectivity index (χ1) is 10.2. The normalized spacial score (nSPS) is 20.6. The van der Waals surface area contributed by atoms with E-state index in [1.54, 1.807) is 0 Å². The average Bonchev–Trinajstić information content (AvgIpc) is 2.31. The van der Waals surface area contributed by atoms with Crippen molar-refractivity contribution in [1.82, 2.24) is 15.3 Å². The van der Waals surface area contributed by atoms with Crippen LogP contribution in [0.4, 0.5) is 5.82 Å². The molecule has 22 heavy (non-hydrogen) atoms. The minimum atomic E-state index is 0.114. The lowest BCUT2D eigenvalue weighted by molar-refractivity contribution is 0.170. The fourth-order valence-electron chi connectivity index (χ4n) is 3.53.